The summed E-state index contributed by atoms with van der Waals surface area (Å²) >= 11 is 3.43. The first-order chi connectivity index (χ1) is 8.16. The lowest BCUT2D eigenvalue weighted by molar-refractivity contribution is -0.131. The molecule has 0 fully saturated rings. The Bertz CT molecular complexity index is 570. The molecule has 1 heterocycles. The molecule has 0 aliphatic rings. The van der Waals surface area contributed by atoms with Gasteiger partial charge >= 0.3 is 5.97 Å². The molecule has 0 aliphatic heterocycles. The minimum Gasteiger partial charge on any atom is -0.478 e. The summed E-state index contributed by atoms with van der Waals surface area (Å²) in [5.41, 5.74) is 0.933. The maximum atomic E-state index is 10.4. The monoisotopic (exact) mass is 292 g/mol. The van der Waals surface area contributed by atoms with Gasteiger partial charge in [0.2, 0.25) is 0 Å². The lowest BCUT2D eigenvalue weighted by Crippen LogP contribution is -1.84. The first-order valence-corrected chi connectivity index (χ1v) is 5.72. The largest absolute Gasteiger partial charge is 0.478 e. The molecule has 0 radical (unpaired) electrons. The third-order valence-corrected chi connectivity index (χ3v) is 2.85. The summed E-state index contributed by atoms with van der Waals surface area (Å²) in [5.74, 6) is 0.213. The van der Waals surface area contributed by atoms with Crippen LogP contribution in [0.5, 0.6) is 0 Å². The minimum absolute atomic E-state index is 0.512. The van der Waals surface area contributed by atoms with E-state index in [0.29, 0.717) is 11.5 Å². The Balaban J connectivity index is 2.30. The van der Waals surface area contributed by atoms with E-state index in [1.165, 1.54) is 6.08 Å². The number of rotatable bonds is 3. The predicted molar refractivity (Wildman–Crippen MR) is 68.5 cm³/mol. The normalized spacial score (nSPS) is 10.9. The quantitative estimate of drug-likeness (QED) is 0.875. The fourth-order valence-electron chi connectivity index (χ4n) is 1.40. The summed E-state index contributed by atoms with van der Waals surface area (Å²) in [6.45, 7) is 0. The number of halogens is 1. The molecule has 0 saturated carbocycles. The van der Waals surface area contributed by atoms with Crippen LogP contribution in [0.2, 0.25) is 0 Å². The molecule has 2 aromatic rings. The first-order valence-electron chi connectivity index (χ1n) is 4.92. The van der Waals surface area contributed by atoms with Crippen LogP contribution in [0.15, 0.2) is 51.4 Å². The Labute approximate surface area is 107 Å². The molecular formula is C13H9BrO3. The second kappa shape index (κ2) is 5.01. The second-order valence-corrected chi connectivity index (χ2v) is 4.21. The maximum absolute atomic E-state index is 10.4. The van der Waals surface area contributed by atoms with Crippen LogP contribution in [0.1, 0.15) is 5.76 Å². The third-order valence-electron chi connectivity index (χ3n) is 2.16. The van der Waals surface area contributed by atoms with Crippen molar-refractivity contribution in [3.05, 3.63) is 52.7 Å². The Morgan fingerprint density at radius 3 is 2.71 bits per heavy atom. The number of carboxylic acids is 1. The van der Waals surface area contributed by atoms with Crippen LogP contribution in [0.3, 0.4) is 0 Å². The summed E-state index contributed by atoms with van der Waals surface area (Å²) in [6, 6.07) is 11.2. The van der Waals surface area contributed by atoms with Crippen molar-refractivity contribution in [2.75, 3.05) is 0 Å². The number of furan rings is 1. The van der Waals surface area contributed by atoms with Gasteiger partial charge in [-0.1, -0.05) is 34.1 Å². The zero-order valence-electron chi connectivity index (χ0n) is 8.76. The summed E-state index contributed by atoms with van der Waals surface area (Å²) in [7, 11) is 0. The van der Waals surface area contributed by atoms with E-state index >= 15 is 0 Å². The number of hydrogen-bond acceptors (Lipinski definition) is 2. The molecule has 0 unspecified atom stereocenters. The van der Waals surface area contributed by atoms with Crippen LogP contribution in [-0.4, -0.2) is 11.1 Å². The summed E-state index contributed by atoms with van der Waals surface area (Å²) in [6.07, 6.45) is 2.46. The number of carbonyl (C=O) groups is 1. The Morgan fingerprint density at radius 2 is 2.00 bits per heavy atom. The maximum Gasteiger partial charge on any atom is 0.328 e. The molecule has 17 heavy (non-hydrogen) atoms. The van der Waals surface area contributed by atoms with Crippen molar-refractivity contribution < 1.29 is 14.3 Å². The summed E-state index contributed by atoms with van der Waals surface area (Å²) < 4.78 is 6.45. The van der Waals surface area contributed by atoms with Gasteiger partial charge in [0.15, 0.2) is 0 Å². The first kappa shape index (κ1) is 11.7. The van der Waals surface area contributed by atoms with E-state index < -0.39 is 5.97 Å². The van der Waals surface area contributed by atoms with E-state index in [1.54, 1.807) is 6.07 Å². The van der Waals surface area contributed by atoms with Crippen molar-refractivity contribution in [1.82, 2.24) is 0 Å². The number of carboxylic acid groups (broad SMARTS) is 1. The average molecular weight is 293 g/mol. The zero-order chi connectivity index (χ0) is 12.3. The van der Waals surface area contributed by atoms with Gasteiger partial charge in [-0.25, -0.2) is 4.79 Å². The molecular weight excluding hydrogens is 284 g/mol. The molecule has 86 valence electrons. The Kier molecular flexibility index (Phi) is 3.44. The Morgan fingerprint density at radius 1 is 1.24 bits per heavy atom. The van der Waals surface area contributed by atoms with Gasteiger partial charge in [-0.15, -0.1) is 0 Å². The molecule has 0 atom stereocenters. The van der Waals surface area contributed by atoms with Gasteiger partial charge in [-0.05, 0) is 24.3 Å². The van der Waals surface area contributed by atoms with Crippen molar-refractivity contribution in [3.8, 4) is 11.3 Å². The van der Waals surface area contributed by atoms with Crippen molar-refractivity contribution in [3.63, 3.8) is 0 Å². The molecule has 2 rings (SSSR count). The van der Waals surface area contributed by atoms with Crippen LogP contribution in [0, 0.1) is 0 Å². The van der Waals surface area contributed by atoms with E-state index in [9.17, 15) is 4.79 Å². The molecule has 0 aliphatic carbocycles. The fourth-order valence-corrected chi connectivity index (χ4v) is 1.88. The average Bonchev–Trinajstić information content (AvgIpc) is 2.75. The van der Waals surface area contributed by atoms with Crippen molar-refractivity contribution >= 4 is 28.0 Å². The van der Waals surface area contributed by atoms with E-state index in [4.69, 9.17) is 9.52 Å². The van der Waals surface area contributed by atoms with E-state index in [2.05, 4.69) is 15.9 Å². The molecule has 1 aromatic carbocycles. The molecule has 1 aromatic heterocycles. The fraction of sp³-hybridized carbons (Fsp3) is 0. The van der Waals surface area contributed by atoms with E-state index in [1.807, 2.05) is 30.3 Å². The molecule has 0 spiro atoms. The van der Waals surface area contributed by atoms with Crippen LogP contribution in [0.4, 0.5) is 0 Å². The van der Waals surface area contributed by atoms with E-state index in [-0.39, 0.29) is 0 Å². The topological polar surface area (TPSA) is 50.4 Å². The third kappa shape index (κ3) is 2.85. The van der Waals surface area contributed by atoms with Crippen LogP contribution in [-0.2, 0) is 4.79 Å². The van der Waals surface area contributed by atoms with E-state index in [0.717, 1.165) is 16.1 Å². The summed E-state index contributed by atoms with van der Waals surface area (Å²) in [5, 5.41) is 8.51. The molecule has 1 N–H and O–H groups in total. The predicted octanol–water partition coefficient (Wildman–Crippen LogP) is 3.81. The van der Waals surface area contributed by atoms with Crippen molar-refractivity contribution in [2.24, 2.45) is 0 Å². The minimum atomic E-state index is -0.996. The number of benzene rings is 1. The van der Waals surface area contributed by atoms with Gasteiger partial charge in [0.1, 0.15) is 11.5 Å². The Hall–Kier alpha value is -1.81. The van der Waals surface area contributed by atoms with Gasteiger partial charge in [0, 0.05) is 16.1 Å². The zero-order valence-corrected chi connectivity index (χ0v) is 10.3. The lowest BCUT2D eigenvalue weighted by Gasteiger charge is -1.99. The molecule has 4 heteroatoms. The standard InChI is InChI=1S/C13H9BrO3/c14-11-4-2-1-3-10(11)12-7-5-9(17-12)6-8-13(15)16/h1-8H,(H,15,16). The summed E-state index contributed by atoms with van der Waals surface area (Å²) in [4.78, 5) is 10.4. The number of aliphatic carboxylic acids is 1. The SMILES string of the molecule is O=C(O)C=Cc1ccc(-c2ccccc2Br)o1. The molecule has 0 saturated heterocycles. The van der Waals surface area contributed by atoms with Gasteiger partial charge in [-0.3, -0.25) is 0 Å². The van der Waals surface area contributed by atoms with Crippen LogP contribution in [0.25, 0.3) is 17.4 Å². The molecule has 0 amide bonds. The van der Waals surface area contributed by atoms with Gasteiger partial charge < -0.3 is 9.52 Å². The van der Waals surface area contributed by atoms with Crippen LogP contribution < -0.4 is 0 Å². The molecule has 0 bridgehead atoms. The van der Waals surface area contributed by atoms with Crippen molar-refractivity contribution in [1.29, 1.82) is 0 Å². The smallest absolute Gasteiger partial charge is 0.328 e. The number of hydrogen-bond donors (Lipinski definition) is 1. The highest BCUT2D eigenvalue weighted by atomic mass is 79.9. The van der Waals surface area contributed by atoms with Gasteiger partial charge in [0.05, 0.1) is 0 Å². The highest BCUT2D eigenvalue weighted by Crippen LogP contribution is 2.29. The second-order valence-electron chi connectivity index (χ2n) is 3.35. The van der Waals surface area contributed by atoms with Crippen LogP contribution >= 0.6 is 15.9 Å². The van der Waals surface area contributed by atoms with Crippen molar-refractivity contribution in [2.45, 2.75) is 0 Å². The van der Waals surface area contributed by atoms with Gasteiger partial charge in [0.25, 0.3) is 0 Å². The molecule has 3 nitrogen and oxygen atoms in total. The highest BCUT2D eigenvalue weighted by molar-refractivity contribution is 9.10. The van der Waals surface area contributed by atoms with Gasteiger partial charge in [-0.2, -0.15) is 0 Å². The highest BCUT2D eigenvalue weighted by Gasteiger charge is 2.06. The lowest BCUT2D eigenvalue weighted by atomic mass is 10.2.